The molecule has 8 bridgehead atoms. The zero-order chi connectivity index (χ0) is 34.4. The number of aryl methyl sites for hydroxylation is 3. The third-order valence-electron chi connectivity index (χ3n) is 10.5. The van der Waals surface area contributed by atoms with Crippen molar-refractivity contribution < 1.29 is 29.9 Å². The number of H-pyrrole nitrogens is 2. The highest BCUT2D eigenvalue weighted by Crippen LogP contribution is 2.42. The van der Waals surface area contributed by atoms with Crippen LogP contribution in [0.3, 0.4) is 0 Å². The number of ether oxygens (including phenoxy) is 2. The molecule has 6 N–H and O–H groups in total. The van der Waals surface area contributed by atoms with E-state index in [0.717, 1.165) is 79.9 Å². The highest BCUT2D eigenvalue weighted by Gasteiger charge is 2.44. The fraction of sp³-hybridized carbons (Fsp3) is 0.474. The molecule has 48 heavy (non-hydrogen) atoms. The lowest BCUT2D eigenvalue weighted by atomic mass is 9.86. The molecule has 10 nitrogen and oxygen atoms in total. The molecule has 3 aromatic rings. The Morgan fingerprint density at radius 1 is 0.917 bits per heavy atom. The van der Waals surface area contributed by atoms with Crippen molar-refractivity contribution in [1.82, 2.24) is 19.9 Å². The summed E-state index contributed by atoms with van der Waals surface area (Å²) < 4.78 is 11.4. The lowest BCUT2D eigenvalue weighted by Gasteiger charge is -2.39. The lowest BCUT2D eigenvalue weighted by molar-refractivity contribution is -0.301. The maximum absolute atomic E-state index is 10.4. The summed E-state index contributed by atoms with van der Waals surface area (Å²) in [6, 6.07) is 6.48. The Morgan fingerprint density at radius 3 is 2.35 bits per heavy atom. The Kier molecular flexibility index (Phi) is 9.77. The fourth-order valence-electron chi connectivity index (χ4n) is 7.39. The zero-order valence-corrected chi connectivity index (χ0v) is 28.7. The second-order valence-corrected chi connectivity index (χ2v) is 13.4. The van der Waals surface area contributed by atoms with Gasteiger partial charge in [-0.2, -0.15) is 0 Å². The first-order valence-electron chi connectivity index (χ1n) is 16.9. The fourth-order valence-corrected chi connectivity index (χ4v) is 7.39. The standard InChI is InChI=1S/C38H48N4O6/c1-8-23-20(5)29-16-32-24(9-2)19(4)28(40-32)15-30-21(6)25(11-10-12-47-38-37(46)36(45)35(44)33(17-43)48-38)34(42-30)22(7)27-13-18(3)26(39-27)14-31(23)41-29/h9,13-16,21,25,33,35-38,40-41,43-46H,2,8,10-12,17H2,1,3-7H3/t21-,25-,33+,35+,36-,37+,38+/m0/s1. The van der Waals surface area contributed by atoms with Crippen molar-refractivity contribution in [2.24, 2.45) is 0 Å². The average molecular weight is 657 g/mol. The average Bonchev–Trinajstić information content (AvgIpc) is 3.77. The van der Waals surface area contributed by atoms with Crippen LogP contribution in [0, 0.1) is 20.8 Å². The number of aromatic amines is 2. The van der Waals surface area contributed by atoms with Crippen molar-refractivity contribution in [2.75, 3.05) is 13.2 Å². The molecule has 3 aliphatic rings. The summed E-state index contributed by atoms with van der Waals surface area (Å²) in [6.07, 6.45) is -0.167. The van der Waals surface area contributed by atoms with Gasteiger partial charge < -0.3 is 39.9 Å². The Hall–Kier alpha value is -3.64. The molecule has 256 valence electrons. The molecule has 6 rings (SSSR count). The summed E-state index contributed by atoms with van der Waals surface area (Å²) in [4.78, 5) is 17.7. The topological polar surface area (TPSA) is 157 Å². The molecule has 0 aromatic carbocycles. The van der Waals surface area contributed by atoms with Crippen molar-refractivity contribution in [3.05, 3.63) is 75.4 Å². The first-order valence-corrected chi connectivity index (χ1v) is 16.9. The van der Waals surface area contributed by atoms with Crippen LogP contribution in [-0.2, 0) is 15.9 Å². The van der Waals surface area contributed by atoms with Crippen molar-refractivity contribution in [3.8, 4) is 0 Å². The minimum absolute atomic E-state index is 0.0785. The van der Waals surface area contributed by atoms with Crippen LogP contribution >= 0.6 is 0 Å². The van der Waals surface area contributed by atoms with Gasteiger partial charge in [-0.05, 0) is 99.1 Å². The molecule has 3 aliphatic heterocycles. The Labute approximate surface area is 281 Å². The number of nitrogens with zero attached hydrogens (tertiary/aromatic N) is 2. The maximum atomic E-state index is 10.4. The molecule has 0 saturated carbocycles. The molecule has 1 saturated heterocycles. The van der Waals surface area contributed by atoms with E-state index in [1.54, 1.807) is 0 Å². The number of aromatic nitrogens is 4. The van der Waals surface area contributed by atoms with Crippen LogP contribution in [0.2, 0.25) is 0 Å². The van der Waals surface area contributed by atoms with Crippen LogP contribution in [0.25, 0.3) is 39.8 Å². The van der Waals surface area contributed by atoms with Gasteiger partial charge in [-0.1, -0.05) is 26.5 Å². The van der Waals surface area contributed by atoms with Gasteiger partial charge in [0.2, 0.25) is 0 Å². The van der Waals surface area contributed by atoms with Crippen molar-refractivity contribution >= 4 is 39.8 Å². The molecule has 0 unspecified atom stereocenters. The smallest absolute Gasteiger partial charge is 0.186 e. The van der Waals surface area contributed by atoms with Crippen LogP contribution in [0.5, 0.6) is 0 Å². The molecule has 1 fully saturated rings. The molecule has 7 atom stereocenters. The van der Waals surface area contributed by atoms with Gasteiger partial charge in [-0.3, -0.25) is 4.98 Å². The van der Waals surface area contributed by atoms with E-state index in [9.17, 15) is 20.4 Å². The molecular formula is C38H48N4O6. The first kappa shape index (κ1) is 34.2. The van der Waals surface area contributed by atoms with Gasteiger partial charge >= 0.3 is 0 Å². The quantitative estimate of drug-likeness (QED) is 0.174. The van der Waals surface area contributed by atoms with Crippen molar-refractivity contribution in [3.63, 3.8) is 0 Å². The summed E-state index contributed by atoms with van der Waals surface area (Å²) in [5.41, 5.74) is 14.7. The molecule has 10 heteroatoms. The van der Waals surface area contributed by atoms with E-state index in [1.165, 1.54) is 11.1 Å². The van der Waals surface area contributed by atoms with Crippen LogP contribution < -0.4 is 0 Å². The number of hydrogen-bond donors (Lipinski definition) is 6. The van der Waals surface area contributed by atoms with Crippen LogP contribution in [0.1, 0.15) is 96.0 Å². The molecule has 0 aliphatic carbocycles. The predicted octanol–water partition coefficient (Wildman–Crippen LogP) is 5.49. The molecule has 3 aromatic heterocycles. The zero-order valence-electron chi connectivity index (χ0n) is 28.7. The van der Waals surface area contributed by atoms with E-state index < -0.39 is 37.3 Å². The minimum atomic E-state index is -1.47. The highest BCUT2D eigenvalue weighted by molar-refractivity contribution is 5.86. The number of allylic oxidation sites excluding steroid dienone is 1. The lowest BCUT2D eigenvalue weighted by Crippen LogP contribution is -2.59. The van der Waals surface area contributed by atoms with Gasteiger partial charge in [0.25, 0.3) is 0 Å². The SMILES string of the molecule is C=Cc1c(C)c2cc3nc(c(C)c4nc(cc5[nH]c(cc1[nH]2)c(C)c5CC)C(C)=C4)[C@@H](CCCO[C@@H]1O[C@H](CO)[C@@H](O)[C@H](O)[C@H]1O)[C@@H]3C. The van der Waals surface area contributed by atoms with E-state index in [4.69, 9.17) is 19.4 Å². The summed E-state index contributed by atoms with van der Waals surface area (Å²) in [7, 11) is 0. The van der Waals surface area contributed by atoms with Crippen LogP contribution in [0.4, 0.5) is 0 Å². The number of nitrogens with one attached hydrogen (secondary N) is 2. The summed E-state index contributed by atoms with van der Waals surface area (Å²) in [5.74, 6) is 0.178. The predicted molar refractivity (Wildman–Crippen MR) is 188 cm³/mol. The summed E-state index contributed by atoms with van der Waals surface area (Å²) in [6.45, 7) is 16.7. The molecule has 0 amide bonds. The Balaban J connectivity index is 1.42. The normalized spacial score (nSPS) is 25.7. The summed E-state index contributed by atoms with van der Waals surface area (Å²) >= 11 is 0. The third-order valence-corrected chi connectivity index (χ3v) is 10.5. The maximum Gasteiger partial charge on any atom is 0.186 e. The number of aliphatic hydroxyl groups excluding tert-OH is 4. The van der Waals surface area contributed by atoms with E-state index >= 15 is 0 Å². The number of rotatable bonds is 8. The van der Waals surface area contributed by atoms with Crippen LogP contribution in [0.15, 0.2) is 24.8 Å². The Morgan fingerprint density at radius 2 is 1.65 bits per heavy atom. The van der Waals surface area contributed by atoms with Gasteiger partial charge in [0.15, 0.2) is 6.29 Å². The van der Waals surface area contributed by atoms with Crippen molar-refractivity contribution in [1.29, 1.82) is 0 Å². The molecular weight excluding hydrogens is 608 g/mol. The molecule has 0 spiro atoms. The van der Waals surface area contributed by atoms with Gasteiger partial charge in [0.1, 0.15) is 24.4 Å². The van der Waals surface area contributed by atoms with E-state index in [1.807, 2.05) is 6.08 Å². The second kappa shape index (κ2) is 13.7. The van der Waals surface area contributed by atoms with Gasteiger partial charge in [-0.15, -0.1) is 0 Å². The van der Waals surface area contributed by atoms with E-state index in [2.05, 4.69) is 82.4 Å². The Bertz CT molecular complexity index is 1910. The first-order chi connectivity index (χ1) is 23.0. The van der Waals surface area contributed by atoms with Crippen LogP contribution in [-0.4, -0.2) is 84.3 Å². The van der Waals surface area contributed by atoms with Gasteiger partial charge in [0.05, 0.1) is 18.0 Å². The highest BCUT2D eigenvalue weighted by atomic mass is 16.7. The second-order valence-electron chi connectivity index (χ2n) is 13.4. The third kappa shape index (κ3) is 6.06. The van der Waals surface area contributed by atoms with E-state index in [0.29, 0.717) is 6.42 Å². The monoisotopic (exact) mass is 656 g/mol. The van der Waals surface area contributed by atoms with Gasteiger partial charge in [0, 0.05) is 57.5 Å². The molecule has 6 heterocycles. The minimum Gasteiger partial charge on any atom is -0.394 e. The number of aliphatic hydroxyl groups is 4. The number of fused-ring (bicyclic) bond motifs is 8. The van der Waals surface area contributed by atoms with Crippen molar-refractivity contribution in [2.45, 2.75) is 103 Å². The molecule has 0 radical (unpaired) electrons. The van der Waals surface area contributed by atoms with Gasteiger partial charge in [-0.25, -0.2) is 4.98 Å². The largest absolute Gasteiger partial charge is 0.394 e. The van der Waals surface area contributed by atoms with E-state index in [-0.39, 0.29) is 18.4 Å². The number of hydrogen-bond acceptors (Lipinski definition) is 8. The summed E-state index contributed by atoms with van der Waals surface area (Å²) in [5, 5.41) is 40.2.